The molecule has 0 aliphatic rings. The molecule has 2 nitrogen and oxygen atoms in total. The van der Waals surface area contributed by atoms with E-state index < -0.39 is 0 Å². The Morgan fingerprint density at radius 3 is 1.94 bits per heavy atom. The van der Waals surface area contributed by atoms with Crippen molar-refractivity contribution in [2.75, 3.05) is 4.90 Å². The number of hydrogen-bond acceptors (Lipinski definition) is 3. The Morgan fingerprint density at radius 1 is 0.404 bits per heavy atom. The summed E-state index contributed by atoms with van der Waals surface area (Å²) in [5.74, 6) is 0. The molecular weight excluding hydrogens is 591 g/mol. The third-order valence-corrected chi connectivity index (χ3v) is 10.6. The lowest BCUT2D eigenvalue weighted by Gasteiger charge is -2.26. The predicted molar refractivity (Wildman–Crippen MR) is 202 cm³/mol. The van der Waals surface area contributed by atoms with Crippen LogP contribution in [-0.4, -0.2) is 0 Å². The second kappa shape index (κ2) is 10.3. The highest BCUT2D eigenvalue weighted by Gasteiger charge is 2.18. The molecule has 2 heterocycles. The van der Waals surface area contributed by atoms with Crippen LogP contribution in [0.3, 0.4) is 0 Å². The number of para-hydroxylation sites is 1. The zero-order valence-electron chi connectivity index (χ0n) is 25.4. The number of benzene rings is 8. The quantitative estimate of drug-likeness (QED) is 0.195. The lowest BCUT2D eigenvalue weighted by atomic mass is 9.98. The van der Waals surface area contributed by atoms with Gasteiger partial charge in [-0.2, -0.15) is 0 Å². The summed E-state index contributed by atoms with van der Waals surface area (Å²) in [6, 6.07) is 59.1. The minimum atomic E-state index is 0.895. The van der Waals surface area contributed by atoms with Gasteiger partial charge in [0, 0.05) is 48.0 Å². The molecule has 0 radical (unpaired) electrons. The molecule has 0 spiro atoms. The van der Waals surface area contributed by atoms with Gasteiger partial charge in [0.25, 0.3) is 0 Å². The van der Waals surface area contributed by atoms with E-state index in [-0.39, 0.29) is 0 Å². The van der Waals surface area contributed by atoms with Gasteiger partial charge < -0.3 is 9.32 Å². The van der Waals surface area contributed by atoms with E-state index >= 15 is 0 Å². The van der Waals surface area contributed by atoms with E-state index in [0.717, 1.165) is 39.0 Å². The Morgan fingerprint density at radius 2 is 1.04 bits per heavy atom. The number of hydrogen-bond donors (Lipinski definition) is 0. The molecule has 0 amide bonds. The summed E-state index contributed by atoms with van der Waals surface area (Å²) >= 11 is 1.86. The monoisotopic (exact) mass is 617 g/mol. The molecule has 0 saturated carbocycles. The second-order valence-corrected chi connectivity index (χ2v) is 13.2. The van der Waals surface area contributed by atoms with Crippen LogP contribution in [0.4, 0.5) is 17.1 Å². The van der Waals surface area contributed by atoms with Crippen molar-refractivity contribution in [2.45, 2.75) is 0 Å². The van der Waals surface area contributed by atoms with Gasteiger partial charge in [-0.1, -0.05) is 103 Å². The van der Waals surface area contributed by atoms with E-state index in [1.54, 1.807) is 0 Å². The van der Waals surface area contributed by atoms with Crippen molar-refractivity contribution in [2.24, 2.45) is 0 Å². The summed E-state index contributed by atoms with van der Waals surface area (Å²) in [5.41, 5.74) is 7.54. The highest BCUT2D eigenvalue weighted by atomic mass is 32.1. The summed E-state index contributed by atoms with van der Waals surface area (Å²) in [7, 11) is 0. The summed E-state index contributed by atoms with van der Waals surface area (Å²) < 4.78 is 8.85. The summed E-state index contributed by atoms with van der Waals surface area (Å²) in [6.45, 7) is 0. The molecule has 220 valence electrons. The first-order valence-electron chi connectivity index (χ1n) is 15.9. The highest BCUT2D eigenvalue weighted by molar-refractivity contribution is 7.26. The fourth-order valence-corrected chi connectivity index (χ4v) is 8.36. The number of rotatable bonds is 4. The van der Waals surface area contributed by atoms with Gasteiger partial charge in [-0.25, -0.2) is 0 Å². The minimum Gasteiger partial charge on any atom is -0.456 e. The molecule has 10 rings (SSSR count). The van der Waals surface area contributed by atoms with Gasteiger partial charge in [0.15, 0.2) is 0 Å². The number of thiophene rings is 1. The van der Waals surface area contributed by atoms with Crippen molar-refractivity contribution in [1.82, 2.24) is 0 Å². The highest BCUT2D eigenvalue weighted by Crippen LogP contribution is 2.43. The van der Waals surface area contributed by atoms with E-state index in [9.17, 15) is 0 Å². The largest absolute Gasteiger partial charge is 0.456 e. The maximum absolute atomic E-state index is 6.22. The van der Waals surface area contributed by atoms with Crippen LogP contribution in [0.25, 0.3) is 74.8 Å². The van der Waals surface area contributed by atoms with Crippen molar-refractivity contribution in [3.8, 4) is 11.1 Å². The maximum Gasteiger partial charge on any atom is 0.135 e. The zero-order valence-corrected chi connectivity index (χ0v) is 26.2. The number of anilines is 3. The molecule has 0 unspecified atom stereocenters. The number of furan rings is 1. The third-order valence-electron chi connectivity index (χ3n) is 9.45. The Balaban J connectivity index is 1.19. The lowest BCUT2D eigenvalue weighted by Crippen LogP contribution is -2.09. The Kier molecular flexibility index (Phi) is 5.78. The third kappa shape index (κ3) is 4.17. The van der Waals surface area contributed by atoms with Crippen LogP contribution in [0.2, 0.25) is 0 Å². The van der Waals surface area contributed by atoms with Crippen molar-refractivity contribution >= 4 is 92.1 Å². The predicted octanol–water partition coefficient (Wildman–Crippen LogP) is 13.4. The Bertz CT molecular complexity index is 2800. The fourth-order valence-electron chi connectivity index (χ4n) is 7.24. The second-order valence-electron chi connectivity index (χ2n) is 12.1. The molecule has 8 aromatic carbocycles. The van der Waals surface area contributed by atoms with Crippen molar-refractivity contribution in [3.63, 3.8) is 0 Å². The van der Waals surface area contributed by atoms with Crippen LogP contribution in [-0.2, 0) is 0 Å². The van der Waals surface area contributed by atoms with Gasteiger partial charge in [-0.15, -0.1) is 11.3 Å². The number of fused-ring (bicyclic) bond motifs is 9. The van der Waals surface area contributed by atoms with Crippen LogP contribution < -0.4 is 4.90 Å². The molecular formula is C44H27NOS. The van der Waals surface area contributed by atoms with E-state index in [1.165, 1.54) is 52.8 Å². The molecule has 0 saturated heterocycles. The molecule has 0 atom stereocenters. The van der Waals surface area contributed by atoms with Gasteiger partial charge in [-0.05, 0) is 93.3 Å². The molecule has 0 fully saturated rings. The van der Waals surface area contributed by atoms with Crippen LogP contribution in [0.15, 0.2) is 168 Å². The maximum atomic E-state index is 6.22. The molecule has 2 aromatic heterocycles. The van der Waals surface area contributed by atoms with Crippen LogP contribution in [0.5, 0.6) is 0 Å². The first kappa shape index (κ1) is 26.3. The molecule has 0 bridgehead atoms. The average Bonchev–Trinajstić information content (AvgIpc) is 3.70. The van der Waals surface area contributed by atoms with Crippen LogP contribution in [0, 0.1) is 0 Å². The van der Waals surface area contributed by atoms with Crippen molar-refractivity contribution in [1.29, 1.82) is 0 Å². The van der Waals surface area contributed by atoms with Crippen molar-refractivity contribution in [3.05, 3.63) is 164 Å². The van der Waals surface area contributed by atoms with E-state index in [1.807, 2.05) is 23.5 Å². The van der Waals surface area contributed by atoms with Gasteiger partial charge in [-0.3, -0.25) is 0 Å². The normalized spacial score (nSPS) is 11.8. The summed E-state index contributed by atoms with van der Waals surface area (Å²) in [4.78, 5) is 2.38. The first-order valence-corrected chi connectivity index (χ1v) is 16.7. The molecule has 0 aliphatic heterocycles. The van der Waals surface area contributed by atoms with Gasteiger partial charge in [0.2, 0.25) is 0 Å². The van der Waals surface area contributed by atoms with Gasteiger partial charge in [0.05, 0.1) is 0 Å². The lowest BCUT2D eigenvalue weighted by molar-refractivity contribution is 0.669. The standard InChI is InChI=1S/C44H27NOS/c1-2-10-34-28(8-1)9-7-13-35(34)29-16-20-31(21-17-29)45(33-23-24-41-39(27-33)36-11-3-5-14-40(36)46-41)32-22-18-30-19-25-43-44(38(30)26-32)37-12-4-6-15-42(37)47-43/h1-27H. The van der Waals surface area contributed by atoms with E-state index in [0.29, 0.717) is 0 Å². The minimum absolute atomic E-state index is 0.895. The smallest absolute Gasteiger partial charge is 0.135 e. The van der Waals surface area contributed by atoms with Crippen LogP contribution >= 0.6 is 11.3 Å². The Hall–Kier alpha value is -5.90. The fraction of sp³-hybridized carbons (Fsp3) is 0. The molecule has 10 aromatic rings. The summed E-state index contributed by atoms with van der Waals surface area (Å²) in [5, 5.41) is 9.90. The van der Waals surface area contributed by atoms with Crippen LogP contribution in [0.1, 0.15) is 0 Å². The number of nitrogens with zero attached hydrogens (tertiary/aromatic N) is 1. The average molecular weight is 618 g/mol. The van der Waals surface area contributed by atoms with E-state index in [4.69, 9.17) is 4.42 Å². The zero-order chi connectivity index (χ0) is 30.9. The molecule has 0 aliphatic carbocycles. The molecule has 0 N–H and O–H groups in total. The summed E-state index contributed by atoms with van der Waals surface area (Å²) in [6.07, 6.45) is 0. The molecule has 47 heavy (non-hydrogen) atoms. The van der Waals surface area contributed by atoms with Gasteiger partial charge in [0.1, 0.15) is 11.2 Å². The van der Waals surface area contributed by atoms with Gasteiger partial charge >= 0.3 is 0 Å². The van der Waals surface area contributed by atoms with E-state index in [2.05, 4.69) is 157 Å². The first-order chi connectivity index (χ1) is 23.3. The SMILES string of the molecule is c1ccc2c(-c3ccc(N(c4ccc5oc6ccccc6c5c4)c4ccc5ccc6sc7ccccc7c6c5c4)cc3)cccc2c1. The molecule has 3 heteroatoms. The van der Waals surface area contributed by atoms with Crippen molar-refractivity contribution < 1.29 is 4.42 Å². The Labute approximate surface area is 275 Å². The topological polar surface area (TPSA) is 16.4 Å².